The highest BCUT2D eigenvalue weighted by molar-refractivity contribution is 5.92. The van der Waals surface area contributed by atoms with Gasteiger partial charge in [0.2, 0.25) is 0 Å². The van der Waals surface area contributed by atoms with Gasteiger partial charge in [0.05, 0.1) is 6.33 Å². The van der Waals surface area contributed by atoms with Crippen molar-refractivity contribution in [3.05, 3.63) is 18.2 Å². The Morgan fingerprint density at radius 1 is 1.35 bits per heavy atom. The van der Waals surface area contributed by atoms with Crippen LogP contribution in [0.3, 0.4) is 0 Å². The molecule has 2 heterocycles. The number of nitrogens with zero attached hydrogens (tertiary/aromatic N) is 2. The lowest BCUT2D eigenvalue weighted by molar-refractivity contribution is 0.0946. The van der Waals surface area contributed by atoms with Crippen LogP contribution in [-0.2, 0) is 0 Å². The molecule has 0 atom stereocenters. The second-order valence-corrected chi connectivity index (χ2v) is 4.94. The summed E-state index contributed by atoms with van der Waals surface area (Å²) in [6.45, 7) is 2.10. The molecule has 2 fully saturated rings. The zero-order valence-corrected chi connectivity index (χ0v) is 9.85. The maximum Gasteiger partial charge on any atom is 0.271 e. The van der Waals surface area contributed by atoms with E-state index in [1.54, 1.807) is 6.33 Å². The Balaban J connectivity index is 1.65. The first-order valence-corrected chi connectivity index (χ1v) is 6.38. The minimum absolute atomic E-state index is 0.0276. The Morgan fingerprint density at radius 2 is 2.12 bits per heavy atom. The van der Waals surface area contributed by atoms with Crippen molar-refractivity contribution in [2.24, 2.45) is 0 Å². The second-order valence-electron chi connectivity index (χ2n) is 4.94. The van der Waals surface area contributed by atoms with Crippen LogP contribution in [0.4, 0.5) is 0 Å². The lowest BCUT2D eigenvalue weighted by Gasteiger charge is -2.23. The van der Waals surface area contributed by atoms with E-state index >= 15 is 0 Å². The number of carbonyl (C=O) groups is 1. The molecule has 0 bridgehead atoms. The van der Waals surface area contributed by atoms with Crippen LogP contribution in [0.5, 0.6) is 0 Å². The van der Waals surface area contributed by atoms with E-state index in [4.69, 9.17) is 0 Å². The molecular formula is C12H18N4O. The highest BCUT2D eigenvalue weighted by Gasteiger charge is 2.25. The van der Waals surface area contributed by atoms with Gasteiger partial charge in [-0.2, -0.15) is 0 Å². The second kappa shape index (κ2) is 4.49. The summed E-state index contributed by atoms with van der Waals surface area (Å²) >= 11 is 0. The van der Waals surface area contributed by atoms with Gasteiger partial charge in [0.15, 0.2) is 0 Å². The van der Waals surface area contributed by atoms with Crippen LogP contribution < -0.4 is 10.6 Å². The summed E-state index contributed by atoms with van der Waals surface area (Å²) in [4.78, 5) is 16.0. The largest absolute Gasteiger partial charge is 0.348 e. The number of carbonyl (C=O) groups excluding carboxylic acids is 1. The summed E-state index contributed by atoms with van der Waals surface area (Å²) in [6, 6.07) is 0.887. The Labute approximate surface area is 101 Å². The van der Waals surface area contributed by atoms with Crippen LogP contribution in [0.2, 0.25) is 0 Å². The van der Waals surface area contributed by atoms with E-state index in [-0.39, 0.29) is 5.91 Å². The van der Waals surface area contributed by atoms with Crippen molar-refractivity contribution in [3.8, 4) is 0 Å². The van der Waals surface area contributed by atoms with Gasteiger partial charge in [-0.15, -0.1) is 0 Å². The fourth-order valence-electron chi connectivity index (χ4n) is 2.25. The Hall–Kier alpha value is -1.36. The monoisotopic (exact) mass is 234 g/mol. The molecule has 1 amide bonds. The molecule has 1 saturated heterocycles. The summed E-state index contributed by atoms with van der Waals surface area (Å²) in [5, 5.41) is 6.29. The number of piperidine rings is 1. The van der Waals surface area contributed by atoms with Gasteiger partial charge in [-0.1, -0.05) is 0 Å². The van der Waals surface area contributed by atoms with Gasteiger partial charge < -0.3 is 15.2 Å². The van der Waals surface area contributed by atoms with Gasteiger partial charge in [-0.3, -0.25) is 4.79 Å². The van der Waals surface area contributed by atoms with Crippen LogP contribution in [0.25, 0.3) is 0 Å². The molecule has 2 N–H and O–H groups in total. The zero-order valence-electron chi connectivity index (χ0n) is 9.85. The van der Waals surface area contributed by atoms with E-state index in [1.165, 1.54) is 0 Å². The third-order valence-electron chi connectivity index (χ3n) is 3.48. The van der Waals surface area contributed by atoms with Crippen molar-refractivity contribution in [2.45, 2.75) is 37.8 Å². The molecule has 0 spiro atoms. The third-order valence-corrected chi connectivity index (χ3v) is 3.48. The predicted molar refractivity (Wildman–Crippen MR) is 63.9 cm³/mol. The Kier molecular flexibility index (Phi) is 2.84. The van der Waals surface area contributed by atoms with Gasteiger partial charge in [0.25, 0.3) is 5.91 Å². The van der Waals surface area contributed by atoms with E-state index in [0.29, 0.717) is 17.8 Å². The fraction of sp³-hybridized carbons (Fsp3) is 0.667. The molecule has 3 rings (SSSR count). The maximum absolute atomic E-state index is 11.8. The molecule has 1 saturated carbocycles. The lowest BCUT2D eigenvalue weighted by atomic mass is 10.1. The first-order chi connectivity index (χ1) is 8.33. The molecule has 1 aliphatic heterocycles. The van der Waals surface area contributed by atoms with Crippen LogP contribution in [0.15, 0.2) is 12.5 Å². The number of nitrogens with one attached hydrogen (secondary N) is 2. The van der Waals surface area contributed by atoms with Gasteiger partial charge in [0.1, 0.15) is 5.69 Å². The predicted octanol–water partition coefficient (Wildman–Crippen LogP) is 0.700. The summed E-state index contributed by atoms with van der Waals surface area (Å²) in [5.41, 5.74) is 0.551. The molecule has 0 unspecified atom stereocenters. The molecule has 92 valence electrons. The number of rotatable bonds is 3. The van der Waals surface area contributed by atoms with Gasteiger partial charge >= 0.3 is 0 Å². The minimum Gasteiger partial charge on any atom is -0.348 e. The Morgan fingerprint density at radius 3 is 2.82 bits per heavy atom. The van der Waals surface area contributed by atoms with E-state index in [0.717, 1.165) is 38.8 Å². The van der Waals surface area contributed by atoms with Crippen molar-refractivity contribution in [2.75, 3.05) is 13.1 Å². The molecule has 5 nitrogen and oxygen atoms in total. The number of hydrogen-bond acceptors (Lipinski definition) is 3. The highest BCUT2D eigenvalue weighted by Crippen LogP contribution is 2.20. The summed E-state index contributed by atoms with van der Waals surface area (Å²) in [7, 11) is 0. The van der Waals surface area contributed by atoms with Gasteiger partial charge in [0, 0.05) is 18.3 Å². The molecule has 17 heavy (non-hydrogen) atoms. The van der Waals surface area contributed by atoms with Crippen LogP contribution in [0.1, 0.15) is 42.2 Å². The van der Waals surface area contributed by atoms with Crippen molar-refractivity contribution in [1.82, 2.24) is 20.2 Å². The molecule has 1 aromatic rings. The normalized spacial score (nSPS) is 21.4. The van der Waals surface area contributed by atoms with Gasteiger partial charge in [-0.05, 0) is 38.8 Å². The van der Waals surface area contributed by atoms with Crippen molar-refractivity contribution >= 4 is 5.91 Å². The van der Waals surface area contributed by atoms with E-state index < -0.39 is 0 Å². The first kappa shape index (κ1) is 10.8. The van der Waals surface area contributed by atoms with Gasteiger partial charge in [-0.25, -0.2) is 4.98 Å². The molecular weight excluding hydrogens is 216 g/mol. The van der Waals surface area contributed by atoms with Crippen LogP contribution >= 0.6 is 0 Å². The smallest absolute Gasteiger partial charge is 0.271 e. The fourth-order valence-corrected chi connectivity index (χ4v) is 2.25. The number of hydrogen-bond donors (Lipinski definition) is 2. The number of amides is 1. The van der Waals surface area contributed by atoms with E-state index in [9.17, 15) is 4.79 Å². The number of imidazole rings is 1. The SMILES string of the molecule is O=C(NC1CC1)c1cn(C2CCNCC2)cn1. The first-order valence-electron chi connectivity index (χ1n) is 6.38. The molecule has 0 aromatic carbocycles. The summed E-state index contributed by atoms with van der Waals surface area (Å²) < 4.78 is 2.09. The molecule has 1 aromatic heterocycles. The topological polar surface area (TPSA) is 59.0 Å². The number of aromatic nitrogens is 2. The van der Waals surface area contributed by atoms with Crippen molar-refractivity contribution in [1.29, 1.82) is 0 Å². The molecule has 0 radical (unpaired) electrons. The van der Waals surface area contributed by atoms with Crippen molar-refractivity contribution in [3.63, 3.8) is 0 Å². The third kappa shape index (κ3) is 2.49. The summed E-state index contributed by atoms with van der Waals surface area (Å²) in [5.74, 6) is -0.0276. The molecule has 1 aliphatic carbocycles. The van der Waals surface area contributed by atoms with Crippen LogP contribution in [-0.4, -0.2) is 34.6 Å². The molecule has 5 heteroatoms. The lowest BCUT2D eigenvalue weighted by Crippen LogP contribution is -2.29. The summed E-state index contributed by atoms with van der Waals surface area (Å²) in [6.07, 6.45) is 8.12. The zero-order chi connectivity index (χ0) is 11.7. The molecule has 2 aliphatic rings. The van der Waals surface area contributed by atoms with Crippen LogP contribution in [0, 0.1) is 0 Å². The maximum atomic E-state index is 11.8. The standard InChI is InChI=1S/C12H18N4O/c17-12(15-9-1-2-9)11-7-16(8-14-11)10-3-5-13-6-4-10/h7-10,13H,1-6H2,(H,15,17). The van der Waals surface area contributed by atoms with Crippen molar-refractivity contribution < 1.29 is 4.79 Å². The highest BCUT2D eigenvalue weighted by atomic mass is 16.2. The average Bonchev–Trinajstić information content (AvgIpc) is 3.04. The quantitative estimate of drug-likeness (QED) is 0.809. The minimum atomic E-state index is -0.0276. The van der Waals surface area contributed by atoms with E-state index in [1.807, 2.05) is 6.20 Å². The van der Waals surface area contributed by atoms with E-state index in [2.05, 4.69) is 20.2 Å². The average molecular weight is 234 g/mol. The Bertz CT molecular complexity index is 404.